The molecule has 4 N–H and O–H groups in total. The number of benzene rings is 1. The Hall–Kier alpha value is -2.57. The molecule has 1 aromatic heterocycles. The van der Waals surface area contributed by atoms with Crippen molar-refractivity contribution in [3.63, 3.8) is 0 Å². The van der Waals surface area contributed by atoms with Gasteiger partial charge in [0.1, 0.15) is 6.54 Å². The Kier molecular flexibility index (Phi) is 2.88. The molecule has 1 heterocycles. The van der Waals surface area contributed by atoms with Crippen molar-refractivity contribution in [2.75, 3.05) is 24.2 Å². The van der Waals surface area contributed by atoms with Gasteiger partial charge in [0.2, 0.25) is 0 Å². The third kappa shape index (κ3) is 2.10. The highest BCUT2D eigenvalue weighted by Gasteiger charge is 2.11. The Bertz CT molecular complexity index is 665. The van der Waals surface area contributed by atoms with E-state index in [4.69, 9.17) is 10.8 Å². The summed E-state index contributed by atoms with van der Waals surface area (Å²) in [5, 5.41) is 9.12. The number of nitrogen functional groups attached to an aromatic ring is 1. The first kappa shape index (κ1) is 11.9. The number of carboxylic acids is 1. The molecule has 0 aliphatic carbocycles. The van der Waals surface area contributed by atoms with Crippen LogP contribution in [0.15, 0.2) is 23.3 Å². The van der Waals surface area contributed by atoms with Crippen LogP contribution in [-0.2, 0) is 4.79 Å². The highest BCUT2D eigenvalue weighted by atomic mass is 16.4. The van der Waals surface area contributed by atoms with E-state index < -0.39 is 5.97 Å². The number of aromatic amines is 1. The van der Waals surface area contributed by atoms with Crippen molar-refractivity contribution in [1.82, 2.24) is 9.97 Å². The number of fused-ring (bicyclic) bond motifs is 1. The maximum absolute atomic E-state index is 11.5. The van der Waals surface area contributed by atoms with Gasteiger partial charge in [0.15, 0.2) is 0 Å². The summed E-state index contributed by atoms with van der Waals surface area (Å²) in [5.41, 5.74) is 6.88. The van der Waals surface area contributed by atoms with Gasteiger partial charge in [-0.05, 0) is 12.1 Å². The Balaban J connectivity index is 2.56. The van der Waals surface area contributed by atoms with Gasteiger partial charge in [0.05, 0.1) is 28.6 Å². The summed E-state index contributed by atoms with van der Waals surface area (Å²) in [6.07, 6.45) is 1.29. The quantitative estimate of drug-likeness (QED) is 0.660. The van der Waals surface area contributed by atoms with E-state index in [1.165, 1.54) is 17.3 Å². The number of carboxylic acid groups (broad SMARTS) is 1. The normalized spacial score (nSPS) is 10.5. The van der Waals surface area contributed by atoms with Gasteiger partial charge in [-0.1, -0.05) is 0 Å². The molecule has 2 aromatic rings. The predicted molar refractivity (Wildman–Crippen MR) is 67.7 cm³/mol. The van der Waals surface area contributed by atoms with Crippen molar-refractivity contribution in [2.45, 2.75) is 0 Å². The van der Waals surface area contributed by atoms with Gasteiger partial charge in [-0.3, -0.25) is 9.59 Å². The maximum atomic E-state index is 11.5. The zero-order valence-corrected chi connectivity index (χ0v) is 9.67. The van der Waals surface area contributed by atoms with Crippen molar-refractivity contribution in [1.29, 1.82) is 0 Å². The minimum atomic E-state index is -0.962. The summed E-state index contributed by atoms with van der Waals surface area (Å²) < 4.78 is 0. The van der Waals surface area contributed by atoms with Crippen molar-refractivity contribution < 1.29 is 9.90 Å². The molecule has 7 heteroatoms. The molecule has 0 fully saturated rings. The number of hydrogen-bond acceptors (Lipinski definition) is 5. The lowest BCUT2D eigenvalue weighted by Crippen LogP contribution is -2.26. The second-order valence-corrected chi connectivity index (χ2v) is 3.91. The van der Waals surface area contributed by atoms with Crippen LogP contribution in [0.4, 0.5) is 11.4 Å². The van der Waals surface area contributed by atoms with Crippen LogP contribution in [0.1, 0.15) is 0 Å². The zero-order valence-electron chi connectivity index (χ0n) is 9.67. The third-order valence-electron chi connectivity index (χ3n) is 2.57. The van der Waals surface area contributed by atoms with Crippen LogP contribution in [0.5, 0.6) is 0 Å². The number of likely N-dealkylation sites (N-methyl/N-ethyl adjacent to an activating group) is 1. The second-order valence-electron chi connectivity index (χ2n) is 3.91. The lowest BCUT2D eigenvalue weighted by Gasteiger charge is -2.19. The summed E-state index contributed by atoms with van der Waals surface area (Å²) in [7, 11) is 1.61. The summed E-state index contributed by atoms with van der Waals surface area (Å²) in [6, 6.07) is 3.09. The van der Waals surface area contributed by atoms with E-state index in [2.05, 4.69) is 9.97 Å². The standard InChI is InChI=1S/C11H12N4O3/c1-15(4-10(16)17)9-3-8-6(2-7(9)12)11(18)14-5-13-8/h2-3,5H,4,12H2,1H3,(H,16,17)(H,13,14,18). The molecule has 0 atom stereocenters. The van der Waals surface area contributed by atoms with Crippen molar-refractivity contribution >= 4 is 28.2 Å². The highest BCUT2D eigenvalue weighted by molar-refractivity contribution is 5.89. The molecular formula is C11H12N4O3. The minimum absolute atomic E-state index is 0.182. The molecule has 7 nitrogen and oxygen atoms in total. The summed E-state index contributed by atoms with van der Waals surface area (Å²) in [4.78, 5) is 30.1. The Morgan fingerprint density at radius 1 is 1.56 bits per heavy atom. The number of nitrogens with two attached hydrogens (primary N) is 1. The van der Waals surface area contributed by atoms with Gasteiger partial charge in [-0.25, -0.2) is 4.98 Å². The van der Waals surface area contributed by atoms with Crippen LogP contribution in [0.2, 0.25) is 0 Å². The molecule has 0 unspecified atom stereocenters. The van der Waals surface area contributed by atoms with Crippen LogP contribution in [0, 0.1) is 0 Å². The number of H-pyrrole nitrogens is 1. The van der Waals surface area contributed by atoms with Crippen LogP contribution >= 0.6 is 0 Å². The Morgan fingerprint density at radius 2 is 2.28 bits per heavy atom. The molecule has 0 aliphatic rings. The van der Waals surface area contributed by atoms with Crippen molar-refractivity contribution in [2.24, 2.45) is 0 Å². The highest BCUT2D eigenvalue weighted by Crippen LogP contribution is 2.25. The molecule has 94 valence electrons. The van der Waals surface area contributed by atoms with E-state index in [-0.39, 0.29) is 12.1 Å². The molecule has 0 saturated carbocycles. The van der Waals surface area contributed by atoms with Gasteiger partial charge in [0, 0.05) is 7.05 Å². The predicted octanol–water partition coefficient (Wildman–Crippen LogP) is 0.0261. The molecule has 0 spiro atoms. The van der Waals surface area contributed by atoms with E-state index in [1.54, 1.807) is 13.1 Å². The fourth-order valence-corrected chi connectivity index (χ4v) is 1.74. The maximum Gasteiger partial charge on any atom is 0.323 e. The van der Waals surface area contributed by atoms with Crippen LogP contribution in [-0.4, -0.2) is 34.6 Å². The summed E-state index contributed by atoms with van der Waals surface area (Å²) in [6.45, 7) is -0.182. The summed E-state index contributed by atoms with van der Waals surface area (Å²) in [5.74, 6) is -0.962. The molecule has 0 aliphatic heterocycles. The number of nitrogens with zero attached hydrogens (tertiary/aromatic N) is 2. The number of carbonyl (C=O) groups is 1. The third-order valence-corrected chi connectivity index (χ3v) is 2.57. The zero-order chi connectivity index (χ0) is 13.3. The lowest BCUT2D eigenvalue weighted by atomic mass is 10.2. The topological polar surface area (TPSA) is 112 Å². The number of nitrogens with one attached hydrogen (secondary N) is 1. The number of aromatic nitrogens is 2. The lowest BCUT2D eigenvalue weighted by molar-refractivity contribution is -0.135. The van der Waals surface area contributed by atoms with E-state index in [0.29, 0.717) is 22.3 Å². The molecular weight excluding hydrogens is 236 g/mol. The Labute approximate surface area is 102 Å². The van der Waals surface area contributed by atoms with Crippen molar-refractivity contribution in [3.8, 4) is 0 Å². The SMILES string of the molecule is CN(CC(=O)O)c1cc2nc[nH]c(=O)c2cc1N. The average molecular weight is 248 g/mol. The first-order valence-corrected chi connectivity index (χ1v) is 5.19. The van der Waals surface area contributed by atoms with Gasteiger partial charge in [-0.15, -0.1) is 0 Å². The van der Waals surface area contributed by atoms with Gasteiger partial charge >= 0.3 is 5.97 Å². The smallest absolute Gasteiger partial charge is 0.323 e. The van der Waals surface area contributed by atoms with Crippen LogP contribution in [0.25, 0.3) is 10.9 Å². The first-order valence-electron chi connectivity index (χ1n) is 5.19. The molecule has 0 radical (unpaired) electrons. The number of aliphatic carboxylic acids is 1. The molecule has 2 rings (SSSR count). The van der Waals surface area contributed by atoms with Crippen LogP contribution in [0.3, 0.4) is 0 Å². The van der Waals surface area contributed by atoms with Gasteiger partial charge in [0.25, 0.3) is 5.56 Å². The number of rotatable bonds is 3. The number of anilines is 2. The fourth-order valence-electron chi connectivity index (χ4n) is 1.74. The van der Waals surface area contributed by atoms with Crippen molar-refractivity contribution in [3.05, 3.63) is 28.8 Å². The van der Waals surface area contributed by atoms with E-state index in [1.807, 2.05) is 0 Å². The monoisotopic (exact) mass is 248 g/mol. The van der Waals surface area contributed by atoms with E-state index in [0.717, 1.165) is 0 Å². The molecule has 18 heavy (non-hydrogen) atoms. The van der Waals surface area contributed by atoms with Crippen LogP contribution < -0.4 is 16.2 Å². The van der Waals surface area contributed by atoms with E-state index >= 15 is 0 Å². The van der Waals surface area contributed by atoms with Gasteiger partial charge < -0.3 is 20.7 Å². The van der Waals surface area contributed by atoms with E-state index in [9.17, 15) is 9.59 Å². The average Bonchev–Trinajstić information content (AvgIpc) is 2.28. The largest absolute Gasteiger partial charge is 0.480 e. The summed E-state index contributed by atoms with van der Waals surface area (Å²) >= 11 is 0. The molecule has 0 bridgehead atoms. The molecule has 0 saturated heterocycles. The Morgan fingerprint density at radius 3 is 2.94 bits per heavy atom. The van der Waals surface area contributed by atoms with Gasteiger partial charge in [-0.2, -0.15) is 0 Å². The molecule has 0 amide bonds. The number of hydrogen-bond donors (Lipinski definition) is 3. The first-order chi connectivity index (χ1) is 8.49. The fraction of sp³-hybridized carbons (Fsp3) is 0.182. The second kappa shape index (κ2) is 4.36. The minimum Gasteiger partial charge on any atom is -0.480 e. The molecule has 1 aromatic carbocycles.